The van der Waals surface area contributed by atoms with Crippen LogP contribution in [0.2, 0.25) is 0 Å². The maximum Gasteiger partial charge on any atom is 0.416 e. The molecule has 192 valence electrons. The first-order chi connectivity index (χ1) is 17.0. The van der Waals surface area contributed by atoms with Crippen LogP contribution in [0.25, 0.3) is 0 Å². The number of alkyl halides is 3. The largest absolute Gasteiger partial charge is 0.486 e. The minimum absolute atomic E-state index is 0.00736. The lowest BCUT2D eigenvalue weighted by Gasteiger charge is -2.25. The van der Waals surface area contributed by atoms with Crippen LogP contribution < -0.4 is 4.74 Å². The zero-order valence-corrected chi connectivity index (χ0v) is 21.3. The van der Waals surface area contributed by atoms with E-state index in [1.54, 1.807) is 11.9 Å². The second-order valence-corrected chi connectivity index (χ2v) is 9.65. The van der Waals surface area contributed by atoms with Crippen LogP contribution in [0, 0.1) is 5.92 Å². The van der Waals surface area contributed by atoms with E-state index in [1.165, 1.54) is 17.7 Å². The van der Waals surface area contributed by atoms with Crippen molar-refractivity contribution in [3.8, 4) is 5.75 Å². The lowest BCUT2D eigenvalue weighted by molar-refractivity contribution is -0.137. The van der Waals surface area contributed by atoms with E-state index in [9.17, 15) is 18.0 Å². The van der Waals surface area contributed by atoms with Gasteiger partial charge in [0.25, 0.3) is 0 Å². The zero-order valence-electron chi connectivity index (χ0n) is 21.3. The predicted octanol–water partition coefficient (Wildman–Crippen LogP) is 7.68. The molecule has 0 saturated heterocycles. The monoisotopic (exact) mass is 497 g/mol. The van der Waals surface area contributed by atoms with Crippen LogP contribution in [0.15, 0.2) is 78.9 Å². The summed E-state index contributed by atoms with van der Waals surface area (Å²) in [6, 6.07) is 22.4. The van der Waals surface area contributed by atoms with Crippen LogP contribution in [-0.2, 0) is 17.4 Å². The molecule has 0 aliphatic heterocycles. The number of rotatable bonds is 10. The molecule has 3 rings (SSSR count). The van der Waals surface area contributed by atoms with Crippen molar-refractivity contribution in [2.24, 2.45) is 5.92 Å². The molecule has 0 aliphatic rings. The van der Waals surface area contributed by atoms with E-state index in [-0.39, 0.29) is 11.8 Å². The Morgan fingerprint density at radius 2 is 1.47 bits per heavy atom. The van der Waals surface area contributed by atoms with Crippen LogP contribution in [0.3, 0.4) is 0 Å². The fourth-order valence-corrected chi connectivity index (χ4v) is 4.16. The van der Waals surface area contributed by atoms with Crippen molar-refractivity contribution in [1.29, 1.82) is 0 Å². The molecule has 0 bridgehead atoms. The first kappa shape index (κ1) is 27.3. The number of hydrogen-bond donors (Lipinski definition) is 0. The Labute approximate surface area is 211 Å². The van der Waals surface area contributed by atoms with Crippen LogP contribution in [0.4, 0.5) is 13.2 Å². The van der Waals surface area contributed by atoms with E-state index in [0.29, 0.717) is 24.6 Å². The molecule has 3 aromatic carbocycles. The summed E-state index contributed by atoms with van der Waals surface area (Å²) in [6.07, 6.45) is -3.31. The number of ether oxygens (including phenoxy) is 1. The van der Waals surface area contributed by atoms with Crippen molar-refractivity contribution in [3.05, 3.63) is 101 Å². The normalized spacial score (nSPS) is 13.3. The van der Waals surface area contributed by atoms with E-state index in [4.69, 9.17) is 4.74 Å². The highest BCUT2D eigenvalue weighted by Crippen LogP contribution is 2.32. The molecule has 3 aromatic rings. The van der Waals surface area contributed by atoms with Crippen LogP contribution in [0.5, 0.6) is 5.75 Å². The standard InChI is InChI=1S/C30H34F3NO2/c1-21(2)20-23-10-12-24(13-11-23)22(3)29(35)34(4)19-18-28(25-8-6-5-7-9-25)36-27-16-14-26(15-17-27)30(31,32)33/h5-17,21-22,28H,18-20H2,1-4H3/t22-,28?/m0/s1. The lowest BCUT2D eigenvalue weighted by atomic mass is 9.96. The second kappa shape index (κ2) is 12.1. The highest BCUT2D eigenvalue weighted by molar-refractivity contribution is 5.83. The molecule has 1 unspecified atom stereocenters. The van der Waals surface area contributed by atoms with E-state index in [0.717, 1.165) is 29.7 Å². The quantitative estimate of drug-likeness (QED) is 0.288. The molecule has 0 fully saturated rings. The van der Waals surface area contributed by atoms with Gasteiger partial charge in [-0.25, -0.2) is 0 Å². The van der Waals surface area contributed by atoms with Gasteiger partial charge in [0.15, 0.2) is 0 Å². The second-order valence-electron chi connectivity index (χ2n) is 9.65. The third-order valence-electron chi connectivity index (χ3n) is 6.23. The Morgan fingerprint density at radius 3 is 2.03 bits per heavy atom. The Bertz CT molecular complexity index is 1090. The zero-order chi connectivity index (χ0) is 26.3. The maximum atomic E-state index is 13.1. The number of carbonyl (C=O) groups is 1. The van der Waals surface area contributed by atoms with Gasteiger partial charge < -0.3 is 9.64 Å². The summed E-state index contributed by atoms with van der Waals surface area (Å²) in [5.74, 6) is 0.645. The highest BCUT2D eigenvalue weighted by Gasteiger charge is 2.30. The van der Waals surface area contributed by atoms with Crippen molar-refractivity contribution in [2.45, 2.75) is 51.8 Å². The number of benzene rings is 3. The molecule has 0 aliphatic carbocycles. The number of nitrogens with zero attached hydrogens (tertiary/aromatic N) is 1. The SMILES string of the molecule is CC(C)Cc1ccc([C@H](C)C(=O)N(C)CCC(Oc2ccc(C(F)(F)F)cc2)c2ccccc2)cc1. The fourth-order valence-electron chi connectivity index (χ4n) is 4.16. The molecule has 0 saturated carbocycles. The van der Waals surface area contributed by atoms with Gasteiger partial charge in [0, 0.05) is 20.0 Å². The lowest BCUT2D eigenvalue weighted by Crippen LogP contribution is -2.32. The van der Waals surface area contributed by atoms with Gasteiger partial charge in [0.1, 0.15) is 11.9 Å². The van der Waals surface area contributed by atoms with E-state index < -0.39 is 17.8 Å². The minimum Gasteiger partial charge on any atom is -0.486 e. The van der Waals surface area contributed by atoms with Crippen molar-refractivity contribution >= 4 is 5.91 Å². The first-order valence-electron chi connectivity index (χ1n) is 12.3. The van der Waals surface area contributed by atoms with Gasteiger partial charge in [-0.15, -0.1) is 0 Å². The molecule has 3 nitrogen and oxygen atoms in total. The molecule has 6 heteroatoms. The maximum absolute atomic E-state index is 13.1. The van der Waals surface area contributed by atoms with E-state index in [1.807, 2.05) is 49.4 Å². The highest BCUT2D eigenvalue weighted by atomic mass is 19.4. The molecular formula is C30H34F3NO2. The summed E-state index contributed by atoms with van der Waals surface area (Å²) in [7, 11) is 1.77. The molecule has 36 heavy (non-hydrogen) atoms. The minimum atomic E-state index is -4.40. The van der Waals surface area contributed by atoms with Gasteiger partial charge in [-0.05, 0) is 60.2 Å². The Balaban J connectivity index is 1.66. The summed E-state index contributed by atoms with van der Waals surface area (Å²) in [5.41, 5.74) is 2.41. The smallest absolute Gasteiger partial charge is 0.416 e. The summed E-state index contributed by atoms with van der Waals surface area (Å²) < 4.78 is 44.8. The van der Waals surface area contributed by atoms with Gasteiger partial charge in [-0.1, -0.05) is 68.4 Å². The molecule has 0 aromatic heterocycles. The van der Waals surface area contributed by atoms with Crippen molar-refractivity contribution in [2.75, 3.05) is 13.6 Å². The average Bonchev–Trinajstić information content (AvgIpc) is 2.86. The summed E-state index contributed by atoms with van der Waals surface area (Å²) >= 11 is 0. The molecule has 0 spiro atoms. The van der Waals surface area contributed by atoms with Gasteiger partial charge in [-0.3, -0.25) is 4.79 Å². The fraction of sp³-hybridized carbons (Fsp3) is 0.367. The Hall–Kier alpha value is -3.28. The molecule has 0 N–H and O–H groups in total. The Kier molecular flexibility index (Phi) is 9.19. The molecular weight excluding hydrogens is 463 g/mol. The van der Waals surface area contributed by atoms with Gasteiger partial charge in [-0.2, -0.15) is 13.2 Å². The molecule has 2 atom stereocenters. The summed E-state index contributed by atoms with van der Waals surface area (Å²) in [4.78, 5) is 14.8. The summed E-state index contributed by atoms with van der Waals surface area (Å²) in [6.45, 7) is 6.70. The van der Waals surface area contributed by atoms with Crippen LogP contribution in [0.1, 0.15) is 61.5 Å². The van der Waals surface area contributed by atoms with Gasteiger partial charge in [0.05, 0.1) is 11.5 Å². The Morgan fingerprint density at radius 1 is 0.861 bits per heavy atom. The van der Waals surface area contributed by atoms with Crippen LogP contribution >= 0.6 is 0 Å². The third-order valence-corrected chi connectivity index (χ3v) is 6.23. The van der Waals surface area contributed by atoms with Crippen molar-refractivity contribution < 1.29 is 22.7 Å². The number of carbonyl (C=O) groups excluding carboxylic acids is 1. The predicted molar refractivity (Wildman–Crippen MR) is 137 cm³/mol. The number of amides is 1. The number of likely N-dealkylation sites (N-methyl/N-ethyl adjacent to an activating group) is 1. The number of halogens is 3. The molecule has 0 radical (unpaired) electrons. The van der Waals surface area contributed by atoms with Gasteiger partial charge in [0.2, 0.25) is 5.91 Å². The molecule has 0 heterocycles. The summed E-state index contributed by atoms with van der Waals surface area (Å²) in [5, 5.41) is 0. The average molecular weight is 498 g/mol. The van der Waals surface area contributed by atoms with Gasteiger partial charge >= 0.3 is 6.18 Å². The molecule has 1 amide bonds. The van der Waals surface area contributed by atoms with Crippen molar-refractivity contribution in [3.63, 3.8) is 0 Å². The topological polar surface area (TPSA) is 29.5 Å². The first-order valence-corrected chi connectivity index (χ1v) is 12.3. The van der Waals surface area contributed by atoms with E-state index >= 15 is 0 Å². The van der Waals surface area contributed by atoms with Crippen LogP contribution in [-0.4, -0.2) is 24.4 Å². The van der Waals surface area contributed by atoms with E-state index in [2.05, 4.69) is 26.0 Å². The third kappa shape index (κ3) is 7.61. The van der Waals surface area contributed by atoms with Crippen molar-refractivity contribution in [1.82, 2.24) is 4.90 Å². The number of hydrogen-bond acceptors (Lipinski definition) is 2.